The predicted octanol–water partition coefficient (Wildman–Crippen LogP) is 0.307. The van der Waals surface area contributed by atoms with Crippen LogP contribution in [-0.4, -0.2) is 17.7 Å². The average Bonchev–Trinajstić information content (AvgIpc) is 1.81. The van der Waals surface area contributed by atoms with E-state index in [1.54, 1.807) is 20.8 Å². The second-order valence-corrected chi connectivity index (χ2v) is 3.22. The SMILES string of the molecule is CC(C)(C)OC(=O)NC(N)=NC#N. The van der Waals surface area contributed by atoms with Crippen LogP contribution in [-0.2, 0) is 4.74 Å². The van der Waals surface area contributed by atoms with Gasteiger partial charge in [-0.1, -0.05) is 0 Å². The Bertz CT molecular complexity index is 259. The van der Waals surface area contributed by atoms with Gasteiger partial charge in [0, 0.05) is 0 Å². The molecule has 13 heavy (non-hydrogen) atoms. The molecule has 0 radical (unpaired) electrons. The molecule has 0 aromatic rings. The van der Waals surface area contributed by atoms with Crippen LogP contribution in [0.15, 0.2) is 4.99 Å². The van der Waals surface area contributed by atoms with Gasteiger partial charge in [0.25, 0.3) is 0 Å². The van der Waals surface area contributed by atoms with Gasteiger partial charge >= 0.3 is 6.09 Å². The normalized spacial score (nSPS) is 11.7. The van der Waals surface area contributed by atoms with E-state index in [0.717, 1.165) is 0 Å². The molecular weight excluding hydrogens is 172 g/mol. The largest absolute Gasteiger partial charge is 0.444 e. The number of alkyl carbamates (subject to hydrolysis) is 1. The highest BCUT2D eigenvalue weighted by Gasteiger charge is 2.16. The molecule has 0 saturated carbocycles. The Morgan fingerprint density at radius 3 is 2.54 bits per heavy atom. The third kappa shape index (κ3) is 6.62. The highest BCUT2D eigenvalue weighted by Crippen LogP contribution is 2.05. The molecule has 0 aliphatic carbocycles. The Morgan fingerprint density at radius 1 is 1.62 bits per heavy atom. The van der Waals surface area contributed by atoms with Crippen LogP contribution in [0.25, 0.3) is 0 Å². The van der Waals surface area contributed by atoms with Crippen LogP contribution < -0.4 is 11.1 Å². The zero-order valence-corrected chi connectivity index (χ0v) is 7.79. The van der Waals surface area contributed by atoms with Gasteiger partial charge in [0.05, 0.1) is 0 Å². The standard InChI is InChI=1S/C7H12N4O2/c1-7(2,3)13-6(12)11-5(9)10-4-8/h1-3H3,(H3,9,10,11,12). The Balaban J connectivity index is 4.05. The van der Waals surface area contributed by atoms with E-state index in [2.05, 4.69) is 10.3 Å². The fourth-order valence-corrected chi connectivity index (χ4v) is 0.490. The fourth-order valence-electron chi connectivity index (χ4n) is 0.490. The van der Waals surface area contributed by atoms with Crippen molar-refractivity contribution < 1.29 is 9.53 Å². The molecule has 0 aromatic carbocycles. The quantitative estimate of drug-likeness (QED) is 0.321. The molecule has 6 heteroatoms. The molecule has 0 aliphatic rings. The number of nitrogens with two attached hydrogens (primary N) is 1. The number of amides is 1. The summed E-state index contributed by atoms with van der Waals surface area (Å²) >= 11 is 0. The molecule has 0 heterocycles. The maximum absolute atomic E-state index is 10.9. The average molecular weight is 184 g/mol. The van der Waals surface area contributed by atoms with Crippen molar-refractivity contribution in [2.45, 2.75) is 26.4 Å². The van der Waals surface area contributed by atoms with Gasteiger partial charge in [-0.05, 0) is 20.8 Å². The summed E-state index contributed by atoms with van der Waals surface area (Å²) in [5.41, 5.74) is 4.52. The molecular formula is C7H12N4O2. The van der Waals surface area contributed by atoms with Gasteiger partial charge in [-0.3, -0.25) is 5.32 Å². The van der Waals surface area contributed by atoms with Crippen molar-refractivity contribution in [2.75, 3.05) is 0 Å². The topological polar surface area (TPSA) is 100 Å². The first-order valence-electron chi connectivity index (χ1n) is 3.57. The van der Waals surface area contributed by atoms with E-state index in [9.17, 15) is 4.79 Å². The number of rotatable bonds is 0. The molecule has 1 amide bonds. The minimum Gasteiger partial charge on any atom is -0.444 e. The van der Waals surface area contributed by atoms with Crippen molar-refractivity contribution in [1.29, 1.82) is 5.26 Å². The lowest BCUT2D eigenvalue weighted by molar-refractivity contribution is 0.0562. The minimum absolute atomic E-state index is 0.281. The number of carbonyl (C=O) groups excluding carboxylic acids is 1. The molecule has 0 spiro atoms. The van der Waals surface area contributed by atoms with E-state index < -0.39 is 11.7 Å². The first-order chi connectivity index (χ1) is 5.85. The van der Waals surface area contributed by atoms with Crippen molar-refractivity contribution in [1.82, 2.24) is 5.32 Å². The van der Waals surface area contributed by atoms with E-state index in [0.29, 0.717) is 0 Å². The fraction of sp³-hybridized carbons (Fsp3) is 0.571. The van der Waals surface area contributed by atoms with Crippen molar-refractivity contribution >= 4 is 12.1 Å². The molecule has 0 atom stereocenters. The Labute approximate surface area is 76.4 Å². The Kier molecular flexibility index (Phi) is 3.72. The van der Waals surface area contributed by atoms with Gasteiger partial charge in [-0.25, -0.2) is 4.79 Å². The van der Waals surface area contributed by atoms with Crippen LogP contribution in [0.5, 0.6) is 0 Å². The molecule has 0 unspecified atom stereocenters. The van der Waals surface area contributed by atoms with Crippen LogP contribution in [0.4, 0.5) is 4.79 Å². The number of hydrogen-bond donors (Lipinski definition) is 2. The zero-order chi connectivity index (χ0) is 10.5. The molecule has 6 nitrogen and oxygen atoms in total. The summed E-state index contributed by atoms with van der Waals surface area (Å²) < 4.78 is 4.83. The van der Waals surface area contributed by atoms with Crippen LogP contribution in [0, 0.1) is 11.5 Å². The number of aliphatic imine (C=N–C) groups is 1. The summed E-state index contributed by atoms with van der Waals surface area (Å²) in [6.45, 7) is 5.14. The summed E-state index contributed by atoms with van der Waals surface area (Å²) in [7, 11) is 0. The maximum Gasteiger partial charge on any atom is 0.414 e. The summed E-state index contributed by atoms with van der Waals surface area (Å²) in [4.78, 5) is 14.0. The third-order valence-electron chi connectivity index (χ3n) is 0.799. The molecule has 72 valence electrons. The van der Waals surface area contributed by atoms with Crippen LogP contribution in [0.1, 0.15) is 20.8 Å². The highest BCUT2D eigenvalue weighted by molar-refractivity contribution is 5.93. The smallest absolute Gasteiger partial charge is 0.414 e. The molecule has 3 N–H and O–H groups in total. The molecule has 0 fully saturated rings. The lowest BCUT2D eigenvalue weighted by Gasteiger charge is -2.19. The van der Waals surface area contributed by atoms with E-state index in [1.165, 1.54) is 6.19 Å². The van der Waals surface area contributed by atoms with Crippen LogP contribution >= 0.6 is 0 Å². The van der Waals surface area contributed by atoms with E-state index in [-0.39, 0.29) is 5.96 Å². The van der Waals surface area contributed by atoms with Gasteiger partial charge in [0.1, 0.15) is 5.60 Å². The molecule has 0 rings (SSSR count). The number of ether oxygens (including phenoxy) is 1. The molecule has 0 aromatic heterocycles. The van der Waals surface area contributed by atoms with Gasteiger partial charge in [-0.15, -0.1) is 4.99 Å². The summed E-state index contributed by atoms with van der Waals surface area (Å²) in [6, 6.07) is 0. The summed E-state index contributed by atoms with van der Waals surface area (Å²) in [5, 5.41) is 10.2. The van der Waals surface area contributed by atoms with E-state index in [4.69, 9.17) is 15.7 Å². The number of nitriles is 1. The molecule has 0 aliphatic heterocycles. The van der Waals surface area contributed by atoms with E-state index in [1.807, 2.05) is 0 Å². The lowest BCUT2D eigenvalue weighted by Crippen LogP contribution is -2.40. The zero-order valence-electron chi connectivity index (χ0n) is 7.79. The monoisotopic (exact) mass is 184 g/mol. The third-order valence-corrected chi connectivity index (χ3v) is 0.799. The minimum atomic E-state index is -0.732. The first-order valence-corrected chi connectivity index (χ1v) is 3.57. The maximum atomic E-state index is 10.9. The summed E-state index contributed by atoms with van der Waals surface area (Å²) in [6.07, 6.45) is 0.696. The second-order valence-electron chi connectivity index (χ2n) is 3.22. The Hall–Kier alpha value is -1.77. The second kappa shape index (κ2) is 4.30. The summed E-state index contributed by atoms with van der Waals surface area (Å²) in [5.74, 6) is -0.281. The number of nitrogens with one attached hydrogen (secondary N) is 1. The van der Waals surface area contributed by atoms with Crippen molar-refractivity contribution in [2.24, 2.45) is 10.7 Å². The number of nitrogens with zero attached hydrogens (tertiary/aromatic N) is 2. The Morgan fingerprint density at radius 2 is 2.15 bits per heavy atom. The number of carbonyl (C=O) groups is 1. The van der Waals surface area contributed by atoms with Crippen LogP contribution in [0.3, 0.4) is 0 Å². The van der Waals surface area contributed by atoms with Gasteiger partial charge in [0.2, 0.25) is 12.2 Å². The van der Waals surface area contributed by atoms with Crippen molar-refractivity contribution in [3.63, 3.8) is 0 Å². The molecule has 0 bridgehead atoms. The van der Waals surface area contributed by atoms with Crippen molar-refractivity contribution in [3.8, 4) is 6.19 Å². The van der Waals surface area contributed by atoms with Gasteiger partial charge in [0.15, 0.2) is 0 Å². The lowest BCUT2D eigenvalue weighted by atomic mass is 10.2. The first kappa shape index (κ1) is 11.2. The van der Waals surface area contributed by atoms with E-state index >= 15 is 0 Å². The predicted molar refractivity (Wildman–Crippen MR) is 46.6 cm³/mol. The van der Waals surface area contributed by atoms with Crippen molar-refractivity contribution in [3.05, 3.63) is 0 Å². The van der Waals surface area contributed by atoms with Gasteiger partial charge in [-0.2, -0.15) is 5.26 Å². The van der Waals surface area contributed by atoms with Gasteiger partial charge < -0.3 is 10.5 Å². The molecule has 0 saturated heterocycles. The number of hydrogen-bond acceptors (Lipinski definition) is 4. The number of guanidine groups is 1. The van der Waals surface area contributed by atoms with Crippen LogP contribution in [0.2, 0.25) is 0 Å². The highest BCUT2D eigenvalue weighted by atomic mass is 16.6.